The maximum Gasteiger partial charge on any atom is 0.226 e. The van der Waals surface area contributed by atoms with Crippen LogP contribution in [0, 0.1) is 0 Å². The Bertz CT molecular complexity index is 606. The summed E-state index contributed by atoms with van der Waals surface area (Å²) in [5.41, 5.74) is 1.78. The van der Waals surface area contributed by atoms with Crippen molar-refractivity contribution in [2.45, 2.75) is 24.7 Å². The van der Waals surface area contributed by atoms with E-state index in [1.807, 2.05) is 24.3 Å². The summed E-state index contributed by atoms with van der Waals surface area (Å²) in [5, 5.41) is 7.48. The molecule has 1 fully saturated rings. The Balaban J connectivity index is 1.61. The highest BCUT2D eigenvalue weighted by Gasteiger charge is 2.45. The van der Waals surface area contributed by atoms with Gasteiger partial charge in [0, 0.05) is 23.0 Å². The first kappa shape index (κ1) is 13.2. The first-order chi connectivity index (χ1) is 9.70. The van der Waals surface area contributed by atoms with Gasteiger partial charge in [-0.3, -0.25) is 4.79 Å². The lowest BCUT2D eigenvalue weighted by atomic mass is 9.96. The van der Waals surface area contributed by atoms with E-state index in [9.17, 15) is 4.79 Å². The number of carbonyl (C=O) groups is 1. The van der Waals surface area contributed by atoms with Crippen LogP contribution in [0.2, 0.25) is 5.02 Å². The first-order valence-electron chi connectivity index (χ1n) is 6.61. The molecule has 1 aliphatic rings. The Labute approximate surface area is 122 Å². The number of carbonyl (C=O) groups excluding carboxylic acids is 1. The topological polar surface area (TPSA) is 55.1 Å². The molecule has 1 aliphatic carbocycles. The number of hydrogen-bond donors (Lipinski definition) is 1. The van der Waals surface area contributed by atoms with Gasteiger partial charge >= 0.3 is 0 Å². The van der Waals surface area contributed by atoms with Gasteiger partial charge in [-0.1, -0.05) is 35.0 Å². The van der Waals surface area contributed by atoms with Crippen LogP contribution in [0.5, 0.6) is 0 Å². The molecule has 1 heterocycles. The van der Waals surface area contributed by atoms with E-state index < -0.39 is 0 Å². The summed E-state index contributed by atoms with van der Waals surface area (Å²) in [6.07, 6.45) is 3.83. The van der Waals surface area contributed by atoms with Gasteiger partial charge in [0.2, 0.25) is 5.91 Å². The smallest absolute Gasteiger partial charge is 0.226 e. The monoisotopic (exact) mass is 290 g/mol. The van der Waals surface area contributed by atoms with Gasteiger partial charge in [-0.05, 0) is 24.5 Å². The molecular weight excluding hydrogens is 276 g/mol. The van der Waals surface area contributed by atoms with Crippen LogP contribution in [-0.4, -0.2) is 17.6 Å². The Kier molecular flexibility index (Phi) is 3.49. The van der Waals surface area contributed by atoms with Gasteiger partial charge in [-0.2, -0.15) is 0 Å². The van der Waals surface area contributed by atoms with Crippen molar-refractivity contribution in [1.82, 2.24) is 10.5 Å². The van der Waals surface area contributed by atoms with E-state index in [0.29, 0.717) is 12.2 Å². The lowest BCUT2D eigenvalue weighted by molar-refractivity contribution is -0.120. The zero-order valence-electron chi connectivity index (χ0n) is 10.9. The van der Waals surface area contributed by atoms with E-state index in [-0.39, 0.29) is 17.7 Å². The zero-order chi connectivity index (χ0) is 14.0. The lowest BCUT2D eigenvalue weighted by Gasteiger charge is -2.17. The van der Waals surface area contributed by atoms with Crippen molar-refractivity contribution in [3.05, 3.63) is 52.9 Å². The van der Waals surface area contributed by atoms with E-state index in [2.05, 4.69) is 10.5 Å². The average Bonchev–Trinajstić information content (AvgIpc) is 3.06. The Morgan fingerprint density at radius 3 is 2.80 bits per heavy atom. The summed E-state index contributed by atoms with van der Waals surface area (Å²) < 4.78 is 4.71. The van der Waals surface area contributed by atoms with E-state index in [1.165, 1.54) is 6.26 Å². The minimum Gasteiger partial charge on any atom is -0.364 e. The Morgan fingerprint density at radius 2 is 2.15 bits per heavy atom. The second-order valence-corrected chi connectivity index (χ2v) is 5.61. The van der Waals surface area contributed by atoms with Gasteiger partial charge in [0.05, 0.1) is 12.1 Å². The molecule has 2 aromatic rings. The zero-order valence-corrected chi connectivity index (χ0v) is 11.7. The van der Waals surface area contributed by atoms with Crippen LogP contribution in [0.4, 0.5) is 0 Å². The normalized spacial score (nSPS) is 15.8. The molecule has 0 aliphatic heterocycles. The fourth-order valence-electron chi connectivity index (χ4n) is 2.41. The fourth-order valence-corrected chi connectivity index (χ4v) is 2.74. The minimum absolute atomic E-state index is 0.0117. The SMILES string of the molecule is O=C(Cc1ccon1)NCC1(c2ccccc2Cl)CC1. The molecule has 0 atom stereocenters. The summed E-state index contributed by atoms with van der Waals surface area (Å²) in [7, 11) is 0. The van der Waals surface area contributed by atoms with E-state index in [4.69, 9.17) is 16.1 Å². The molecule has 0 spiro atoms. The summed E-state index contributed by atoms with van der Waals surface area (Å²) in [5.74, 6) is -0.0442. The standard InChI is InChI=1S/C15H15ClN2O2/c16-13-4-2-1-3-12(13)15(6-7-15)10-17-14(19)9-11-5-8-20-18-11/h1-5,8H,6-7,9-10H2,(H,17,19). The van der Waals surface area contributed by atoms with Crippen LogP contribution in [0.1, 0.15) is 24.1 Å². The van der Waals surface area contributed by atoms with Crippen molar-refractivity contribution in [3.63, 3.8) is 0 Å². The highest BCUT2D eigenvalue weighted by molar-refractivity contribution is 6.31. The van der Waals surface area contributed by atoms with Gasteiger partial charge in [0.25, 0.3) is 0 Å². The number of halogens is 1. The van der Waals surface area contributed by atoms with E-state index >= 15 is 0 Å². The maximum atomic E-state index is 11.9. The summed E-state index contributed by atoms with van der Waals surface area (Å²) in [6.45, 7) is 0.618. The number of hydrogen-bond acceptors (Lipinski definition) is 3. The molecule has 5 heteroatoms. The van der Waals surface area contributed by atoms with Crippen LogP contribution in [0.25, 0.3) is 0 Å². The van der Waals surface area contributed by atoms with Gasteiger partial charge in [0.1, 0.15) is 6.26 Å². The first-order valence-corrected chi connectivity index (χ1v) is 6.98. The molecule has 0 unspecified atom stereocenters. The van der Waals surface area contributed by atoms with Crippen molar-refractivity contribution in [2.24, 2.45) is 0 Å². The Hall–Kier alpha value is -1.81. The second kappa shape index (κ2) is 5.29. The summed E-state index contributed by atoms with van der Waals surface area (Å²) >= 11 is 6.24. The van der Waals surface area contributed by atoms with Crippen LogP contribution in [0.3, 0.4) is 0 Å². The Morgan fingerprint density at radius 1 is 1.35 bits per heavy atom. The number of aromatic nitrogens is 1. The molecule has 3 rings (SSSR count). The predicted molar refractivity (Wildman–Crippen MR) is 75.6 cm³/mol. The van der Waals surface area contributed by atoms with Crippen molar-refractivity contribution < 1.29 is 9.32 Å². The molecule has 1 aromatic carbocycles. The minimum atomic E-state index is -0.0442. The maximum absolute atomic E-state index is 11.9. The van der Waals surface area contributed by atoms with E-state index in [0.717, 1.165) is 23.4 Å². The quantitative estimate of drug-likeness (QED) is 0.921. The van der Waals surface area contributed by atoms with Crippen LogP contribution in [0.15, 0.2) is 41.1 Å². The molecule has 1 N–H and O–H groups in total. The van der Waals surface area contributed by atoms with Crippen molar-refractivity contribution in [1.29, 1.82) is 0 Å². The molecule has 1 aromatic heterocycles. The van der Waals surface area contributed by atoms with Gasteiger partial charge in [-0.25, -0.2) is 0 Å². The third-order valence-corrected chi connectivity index (χ3v) is 4.09. The average molecular weight is 291 g/mol. The number of nitrogens with zero attached hydrogens (tertiary/aromatic N) is 1. The third-order valence-electron chi connectivity index (χ3n) is 3.76. The fraction of sp³-hybridized carbons (Fsp3) is 0.333. The van der Waals surface area contributed by atoms with Gasteiger partial charge in [-0.15, -0.1) is 0 Å². The molecule has 1 saturated carbocycles. The van der Waals surface area contributed by atoms with Gasteiger partial charge < -0.3 is 9.84 Å². The molecule has 0 radical (unpaired) electrons. The van der Waals surface area contributed by atoms with E-state index in [1.54, 1.807) is 6.07 Å². The van der Waals surface area contributed by atoms with Gasteiger partial charge in [0.15, 0.2) is 0 Å². The highest BCUT2D eigenvalue weighted by atomic mass is 35.5. The number of benzene rings is 1. The molecular formula is C15H15ClN2O2. The van der Waals surface area contributed by atoms with Crippen molar-refractivity contribution >= 4 is 17.5 Å². The van der Waals surface area contributed by atoms with Crippen molar-refractivity contribution in [3.8, 4) is 0 Å². The second-order valence-electron chi connectivity index (χ2n) is 5.20. The third kappa shape index (κ3) is 2.70. The number of amides is 1. The van der Waals surface area contributed by atoms with Crippen LogP contribution < -0.4 is 5.32 Å². The number of nitrogens with one attached hydrogen (secondary N) is 1. The largest absolute Gasteiger partial charge is 0.364 e. The summed E-state index contributed by atoms with van der Waals surface area (Å²) in [6, 6.07) is 9.54. The molecule has 20 heavy (non-hydrogen) atoms. The van der Waals surface area contributed by atoms with Crippen LogP contribution >= 0.6 is 11.6 Å². The molecule has 104 valence electrons. The van der Waals surface area contributed by atoms with Crippen LogP contribution in [-0.2, 0) is 16.6 Å². The highest BCUT2D eigenvalue weighted by Crippen LogP contribution is 2.49. The number of rotatable bonds is 5. The molecule has 1 amide bonds. The molecule has 4 nitrogen and oxygen atoms in total. The predicted octanol–water partition coefficient (Wildman–Crippen LogP) is 2.72. The molecule has 0 bridgehead atoms. The van der Waals surface area contributed by atoms with Crippen molar-refractivity contribution in [2.75, 3.05) is 6.54 Å². The lowest BCUT2D eigenvalue weighted by Crippen LogP contribution is -2.33. The molecule has 0 saturated heterocycles. The summed E-state index contributed by atoms with van der Waals surface area (Å²) in [4.78, 5) is 11.9.